The van der Waals surface area contributed by atoms with Gasteiger partial charge in [-0.05, 0) is 38.1 Å². The molecule has 4 nitrogen and oxygen atoms in total. The summed E-state index contributed by atoms with van der Waals surface area (Å²) in [4.78, 5) is 8.27. The molecule has 2 rings (SSSR count). The van der Waals surface area contributed by atoms with Crippen molar-refractivity contribution in [1.29, 1.82) is 0 Å². The van der Waals surface area contributed by atoms with E-state index in [0.29, 0.717) is 17.0 Å². The van der Waals surface area contributed by atoms with Gasteiger partial charge in [-0.25, -0.2) is 14.4 Å². The maximum absolute atomic E-state index is 13.4. The molecule has 0 radical (unpaired) electrons. The number of rotatable bonds is 3. The zero-order valence-electron chi connectivity index (χ0n) is 11.0. The van der Waals surface area contributed by atoms with Crippen LogP contribution in [0.1, 0.15) is 19.7 Å². The number of hydrogen-bond donors (Lipinski definition) is 1. The summed E-state index contributed by atoms with van der Waals surface area (Å²) in [5.74, 6) is 0.414. The van der Waals surface area contributed by atoms with E-state index in [1.54, 1.807) is 19.9 Å². The molecule has 1 heterocycles. The van der Waals surface area contributed by atoms with Crippen molar-refractivity contribution in [3.8, 4) is 17.0 Å². The summed E-state index contributed by atoms with van der Waals surface area (Å²) >= 11 is 0. The number of benzene rings is 1. The third kappa shape index (κ3) is 2.88. The second-order valence-electron chi connectivity index (χ2n) is 4.67. The summed E-state index contributed by atoms with van der Waals surface area (Å²) in [5.41, 5.74) is -0.129. The molecule has 0 saturated heterocycles. The van der Waals surface area contributed by atoms with Crippen molar-refractivity contribution in [1.82, 2.24) is 9.97 Å². The van der Waals surface area contributed by atoms with Gasteiger partial charge in [0.05, 0.1) is 12.8 Å². The van der Waals surface area contributed by atoms with Gasteiger partial charge in [0.15, 0.2) is 5.82 Å². The van der Waals surface area contributed by atoms with Crippen LogP contribution in [0.5, 0.6) is 5.75 Å². The Morgan fingerprint density at radius 2 is 2.00 bits per heavy atom. The van der Waals surface area contributed by atoms with Gasteiger partial charge < -0.3 is 9.84 Å². The minimum atomic E-state index is -1.16. The van der Waals surface area contributed by atoms with Crippen molar-refractivity contribution in [2.45, 2.75) is 19.4 Å². The molecule has 1 aromatic carbocycles. The molecule has 0 fully saturated rings. The lowest BCUT2D eigenvalue weighted by molar-refractivity contribution is 0.0688. The Hall–Kier alpha value is -2.01. The van der Waals surface area contributed by atoms with Crippen LogP contribution >= 0.6 is 0 Å². The predicted molar refractivity (Wildman–Crippen MR) is 69.2 cm³/mol. The molecule has 5 heteroatoms. The average Bonchev–Trinajstić information content (AvgIpc) is 2.38. The third-order valence-corrected chi connectivity index (χ3v) is 2.64. The van der Waals surface area contributed by atoms with Gasteiger partial charge in [0.2, 0.25) is 0 Å². The predicted octanol–water partition coefficient (Wildman–Crippen LogP) is 2.52. The second-order valence-corrected chi connectivity index (χ2v) is 4.67. The van der Waals surface area contributed by atoms with Crippen LogP contribution in [0.2, 0.25) is 0 Å². The number of ether oxygens (including phenoxy) is 1. The fourth-order valence-corrected chi connectivity index (χ4v) is 1.68. The molecule has 0 aliphatic carbocycles. The first kappa shape index (κ1) is 13.4. The van der Waals surface area contributed by atoms with E-state index in [4.69, 9.17) is 4.74 Å². The fraction of sp³-hybridized carbons (Fsp3) is 0.286. The normalized spacial score (nSPS) is 11.4. The van der Waals surface area contributed by atoms with Gasteiger partial charge >= 0.3 is 0 Å². The molecule has 0 saturated carbocycles. The highest BCUT2D eigenvalue weighted by molar-refractivity contribution is 5.67. The van der Waals surface area contributed by atoms with E-state index in [0.717, 1.165) is 0 Å². The van der Waals surface area contributed by atoms with Gasteiger partial charge in [0, 0.05) is 11.8 Å². The van der Waals surface area contributed by atoms with Crippen LogP contribution in [-0.4, -0.2) is 22.2 Å². The Balaban J connectivity index is 2.56. The molecule has 0 amide bonds. The van der Waals surface area contributed by atoms with E-state index >= 15 is 0 Å². The molecule has 0 aliphatic heterocycles. The lowest BCUT2D eigenvalue weighted by Crippen LogP contribution is -2.19. The summed E-state index contributed by atoms with van der Waals surface area (Å²) in [5, 5.41) is 9.91. The Morgan fingerprint density at radius 1 is 1.26 bits per heavy atom. The Labute approximate surface area is 110 Å². The van der Waals surface area contributed by atoms with Crippen molar-refractivity contribution >= 4 is 0 Å². The summed E-state index contributed by atoms with van der Waals surface area (Å²) in [6.07, 6.45) is 1.53. The summed E-state index contributed by atoms with van der Waals surface area (Å²) in [6.45, 7) is 3.18. The number of aliphatic hydroxyl groups is 1. The topological polar surface area (TPSA) is 55.2 Å². The Morgan fingerprint density at radius 3 is 2.63 bits per heavy atom. The minimum Gasteiger partial charge on any atom is -0.496 e. The van der Waals surface area contributed by atoms with Crippen LogP contribution in [0.4, 0.5) is 4.39 Å². The number of halogens is 1. The quantitative estimate of drug-likeness (QED) is 0.923. The largest absolute Gasteiger partial charge is 0.496 e. The van der Waals surface area contributed by atoms with E-state index in [9.17, 15) is 9.50 Å². The number of hydrogen-bond acceptors (Lipinski definition) is 4. The molecule has 2 aromatic rings. The minimum absolute atomic E-state index is 0.274. The van der Waals surface area contributed by atoms with E-state index < -0.39 is 5.60 Å². The zero-order chi connectivity index (χ0) is 14.0. The highest BCUT2D eigenvalue weighted by Crippen LogP contribution is 2.30. The van der Waals surface area contributed by atoms with Crippen LogP contribution in [-0.2, 0) is 5.60 Å². The molecule has 1 N–H and O–H groups in total. The van der Waals surface area contributed by atoms with E-state index in [-0.39, 0.29) is 11.6 Å². The maximum atomic E-state index is 13.4. The molecular weight excluding hydrogens is 247 g/mol. The molecular formula is C14H15FN2O2. The van der Waals surface area contributed by atoms with Crippen molar-refractivity contribution < 1.29 is 14.2 Å². The van der Waals surface area contributed by atoms with E-state index in [1.807, 2.05) is 0 Å². The molecule has 0 atom stereocenters. The van der Waals surface area contributed by atoms with Crippen LogP contribution in [0.25, 0.3) is 11.3 Å². The lowest BCUT2D eigenvalue weighted by Gasteiger charge is -2.16. The molecule has 1 aromatic heterocycles. The van der Waals surface area contributed by atoms with Gasteiger partial charge in [-0.2, -0.15) is 0 Å². The number of methoxy groups -OCH3 is 1. The summed E-state index contributed by atoms with van der Waals surface area (Å²) in [7, 11) is 1.51. The second kappa shape index (κ2) is 4.93. The SMILES string of the molecule is COc1ccc(F)cc1-c1ccnc(C(C)(C)O)n1. The van der Waals surface area contributed by atoms with Crippen molar-refractivity contribution in [2.75, 3.05) is 7.11 Å². The van der Waals surface area contributed by atoms with Crippen LogP contribution in [0.3, 0.4) is 0 Å². The maximum Gasteiger partial charge on any atom is 0.160 e. The first-order chi connectivity index (χ1) is 8.91. The summed E-state index contributed by atoms with van der Waals surface area (Å²) in [6, 6.07) is 5.85. The van der Waals surface area contributed by atoms with Crippen molar-refractivity contribution in [3.63, 3.8) is 0 Å². The molecule has 0 aliphatic rings. The average molecular weight is 262 g/mol. The molecule has 19 heavy (non-hydrogen) atoms. The van der Waals surface area contributed by atoms with Gasteiger partial charge in [-0.15, -0.1) is 0 Å². The first-order valence-electron chi connectivity index (χ1n) is 5.81. The molecule has 100 valence electrons. The highest BCUT2D eigenvalue weighted by Gasteiger charge is 2.20. The van der Waals surface area contributed by atoms with E-state index in [1.165, 1.54) is 31.5 Å². The van der Waals surface area contributed by atoms with E-state index in [2.05, 4.69) is 9.97 Å². The molecule has 0 bridgehead atoms. The van der Waals surface area contributed by atoms with Crippen LogP contribution < -0.4 is 4.74 Å². The van der Waals surface area contributed by atoms with Gasteiger partial charge in [-0.1, -0.05) is 0 Å². The number of aromatic nitrogens is 2. The van der Waals surface area contributed by atoms with Crippen molar-refractivity contribution in [2.24, 2.45) is 0 Å². The van der Waals surface area contributed by atoms with Crippen LogP contribution in [0.15, 0.2) is 30.5 Å². The fourth-order valence-electron chi connectivity index (χ4n) is 1.68. The Kier molecular flexibility index (Phi) is 3.48. The molecule has 0 spiro atoms. The Bertz CT molecular complexity index is 594. The van der Waals surface area contributed by atoms with Gasteiger partial charge in [0.1, 0.15) is 17.2 Å². The first-order valence-corrected chi connectivity index (χ1v) is 5.81. The highest BCUT2D eigenvalue weighted by atomic mass is 19.1. The third-order valence-electron chi connectivity index (χ3n) is 2.64. The monoisotopic (exact) mass is 262 g/mol. The molecule has 0 unspecified atom stereocenters. The zero-order valence-corrected chi connectivity index (χ0v) is 11.0. The summed E-state index contributed by atoms with van der Waals surface area (Å²) < 4.78 is 18.5. The number of nitrogens with zero attached hydrogens (tertiary/aromatic N) is 2. The van der Waals surface area contributed by atoms with Crippen LogP contribution in [0, 0.1) is 5.82 Å². The van der Waals surface area contributed by atoms with Crippen molar-refractivity contribution in [3.05, 3.63) is 42.1 Å². The lowest BCUT2D eigenvalue weighted by atomic mass is 10.1. The van der Waals surface area contributed by atoms with Gasteiger partial charge in [-0.3, -0.25) is 0 Å². The smallest absolute Gasteiger partial charge is 0.160 e. The van der Waals surface area contributed by atoms with Gasteiger partial charge in [0.25, 0.3) is 0 Å². The standard InChI is InChI=1S/C14H15FN2O2/c1-14(2,18)13-16-7-6-11(17-13)10-8-9(15)4-5-12(10)19-3/h4-8,18H,1-3H3.